The summed E-state index contributed by atoms with van der Waals surface area (Å²) in [6, 6.07) is 0. The van der Waals surface area contributed by atoms with Crippen molar-refractivity contribution in [3.05, 3.63) is 21.2 Å². The summed E-state index contributed by atoms with van der Waals surface area (Å²) in [4.78, 5) is 9.18. The number of hydrogen-bond donors (Lipinski definition) is 1. The fourth-order valence-electron chi connectivity index (χ4n) is 2.21. The predicted octanol–water partition coefficient (Wildman–Crippen LogP) is 2.50. The number of nitrogen functional groups attached to an aromatic ring is 1. The van der Waals surface area contributed by atoms with E-state index in [-0.39, 0.29) is 0 Å². The standard InChI is InChI=1S/C13H16IN5/c1-3-9-8(6-19(2)18-9)13-16-11(7-4-5-7)10(14)12(15)17-13/h6-7H,3-5H2,1-2H3,(H2,15,16,17). The lowest BCUT2D eigenvalue weighted by molar-refractivity contribution is 0.746. The third-order valence-corrected chi connectivity index (χ3v) is 4.45. The minimum absolute atomic E-state index is 0.567. The normalized spacial score (nSPS) is 14.9. The van der Waals surface area contributed by atoms with E-state index in [4.69, 9.17) is 10.7 Å². The molecule has 5 nitrogen and oxygen atoms in total. The second-order valence-corrected chi connectivity index (χ2v) is 6.00. The Hall–Kier alpha value is -1.18. The van der Waals surface area contributed by atoms with Crippen LogP contribution in [-0.4, -0.2) is 19.7 Å². The van der Waals surface area contributed by atoms with Crippen molar-refractivity contribution in [1.29, 1.82) is 0 Å². The molecule has 0 aliphatic heterocycles. The Morgan fingerprint density at radius 3 is 2.79 bits per heavy atom. The van der Waals surface area contributed by atoms with Crippen LogP contribution in [0.25, 0.3) is 11.4 Å². The van der Waals surface area contributed by atoms with Crippen LogP contribution >= 0.6 is 22.6 Å². The lowest BCUT2D eigenvalue weighted by Gasteiger charge is -2.07. The minimum atomic E-state index is 0.567. The maximum atomic E-state index is 6.04. The van der Waals surface area contributed by atoms with E-state index in [0.717, 1.165) is 26.9 Å². The maximum absolute atomic E-state index is 6.04. The number of halogens is 1. The quantitative estimate of drug-likeness (QED) is 0.845. The zero-order chi connectivity index (χ0) is 13.6. The van der Waals surface area contributed by atoms with Gasteiger partial charge in [0.15, 0.2) is 5.82 Å². The van der Waals surface area contributed by atoms with Crippen molar-refractivity contribution in [3.8, 4) is 11.4 Å². The van der Waals surface area contributed by atoms with Gasteiger partial charge >= 0.3 is 0 Å². The van der Waals surface area contributed by atoms with E-state index in [2.05, 4.69) is 39.6 Å². The average Bonchev–Trinajstić information content (AvgIpc) is 3.15. The smallest absolute Gasteiger partial charge is 0.165 e. The van der Waals surface area contributed by atoms with Crippen LogP contribution in [0.5, 0.6) is 0 Å². The summed E-state index contributed by atoms with van der Waals surface area (Å²) < 4.78 is 2.81. The van der Waals surface area contributed by atoms with Crippen LogP contribution in [0.15, 0.2) is 6.20 Å². The summed E-state index contributed by atoms with van der Waals surface area (Å²) >= 11 is 2.25. The molecule has 0 unspecified atom stereocenters. The van der Waals surface area contributed by atoms with Crippen molar-refractivity contribution in [2.24, 2.45) is 7.05 Å². The molecule has 2 aromatic heterocycles. The summed E-state index contributed by atoms with van der Waals surface area (Å²) in [5, 5.41) is 4.44. The van der Waals surface area contributed by atoms with Gasteiger partial charge in [-0.25, -0.2) is 9.97 Å². The highest BCUT2D eigenvalue weighted by molar-refractivity contribution is 14.1. The van der Waals surface area contributed by atoms with Gasteiger partial charge in [-0.2, -0.15) is 5.10 Å². The van der Waals surface area contributed by atoms with Crippen molar-refractivity contribution >= 4 is 28.4 Å². The van der Waals surface area contributed by atoms with Gasteiger partial charge in [0.05, 0.1) is 20.5 Å². The largest absolute Gasteiger partial charge is 0.383 e. The van der Waals surface area contributed by atoms with Gasteiger partial charge < -0.3 is 5.73 Å². The Labute approximate surface area is 125 Å². The van der Waals surface area contributed by atoms with E-state index >= 15 is 0 Å². The van der Waals surface area contributed by atoms with E-state index < -0.39 is 0 Å². The highest BCUT2D eigenvalue weighted by Gasteiger charge is 2.29. The lowest BCUT2D eigenvalue weighted by Crippen LogP contribution is -2.04. The lowest BCUT2D eigenvalue weighted by atomic mass is 10.2. The number of nitrogens with zero attached hydrogens (tertiary/aromatic N) is 4. The first-order valence-electron chi connectivity index (χ1n) is 6.46. The third kappa shape index (κ3) is 2.33. The summed E-state index contributed by atoms with van der Waals surface area (Å²) in [6.07, 6.45) is 5.25. The van der Waals surface area contributed by atoms with Crippen LogP contribution in [0.4, 0.5) is 5.82 Å². The Bertz CT molecular complexity index is 630. The SMILES string of the molecule is CCc1nn(C)cc1-c1nc(N)c(I)c(C2CC2)n1. The molecule has 0 saturated heterocycles. The van der Waals surface area contributed by atoms with Gasteiger partial charge in [-0.3, -0.25) is 4.68 Å². The van der Waals surface area contributed by atoms with E-state index in [1.807, 2.05) is 17.9 Å². The molecule has 0 bridgehead atoms. The van der Waals surface area contributed by atoms with Gasteiger partial charge in [-0.05, 0) is 41.9 Å². The average molecular weight is 369 g/mol. The summed E-state index contributed by atoms with van der Waals surface area (Å²) in [7, 11) is 1.92. The molecule has 0 amide bonds. The third-order valence-electron chi connectivity index (χ3n) is 3.35. The second kappa shape index (κ2) is 4.73. The van der Waals surface area contributed by atoms with Gasteiger partial charge in [0.2, 0.25) is 0 Å². The number of hydrogen-bond acceptors (Lipinski definition) is 4. The van der Waals surface area contributed by atoms with Crippen molar-refractivity contribution < 1.29 is 0 Å². The first-order chi connectivity index (χ1) is 9.10. The zero-order valence-corrected chi connectivity index (χ0v) is 13.2. The van der Waals surface area contributed by atoms with Crippen LogP contribution in [0.1, 0.15) is 37.1 Å². The van der Waals surface area contributed by atoms with E-state index in [1.165, 1.54) is 12.8 Å². The summed E-state index contributed by atoms with van der Waals surface area (Å²) in [5.74, 6) is 1.86. The first kappa shape index (κ1) is 12.8. The van der Waals surface area contributed by atoms with Crippen LogP contribution in [-0.2, 0) is 13.5 Å². The molecule has 1 saturated carbocycles. The highest BCUT2D eigenvalue weighted by atomic mass is 127. The van der Waals surface area contributed by atoms with E-state index in [1.54, 1.807) is 0 Å². The molecule has 1 aliphatic carbocycles. The first-order valence-corrected chi connectivity index (χ1v) is 7.53. The van der Waals surface area contributed by atoms with E-state index in [0.29, 0.717) is 17.6 Å². The molecule has 0 atom stereocenters. The van der Waals surface area contributed by atoms with Crippen molar-refractivity contribution in [3.63, 3.8) is 0 Å². The molecule has 1 aliphatic rings. The Morgan fingerprint density at radius 1 is 1.42 bits per heavy atom. The zero-order valence-electron chi connectivity index (χ0n) is 11.0. The van der Waals surface area contributed by atoms with Gasteiger partial charge in [-0.15, -0.1) is 0 Å². The second-order valence-electron chi connectivity index (χ2n) is 4.92. The van der Waals surface area contributed by atoms with Gasteiger partial charge in [0.1, 0.15) is 5.82 Å². The van der Waals surface area contributed by atoms with Gasteiger partial charge in [0.25, 0.3) is 0 Å². The monoisotopic (exact) mass is 369 g/mol. The molecule has 2 N–H and O–H groups in total. The number of aromatic nitrogens is 4. The molecular weight excluding hydrogens is 353 g/mol. The van der Waals surface area contributed by atoms with Crippen LogP contribution in [0, 0.1) is 3.57 Å². The molecule has 3 rings (SSSR count). The fraction of sp³-hybridized carbons (Fsp3) is 0.462. The molecule has 2 heterocycles. The topological polar surface area (TPSA) is 69.6 Å². The molecule has 19 heavy (non-hydrogen) atoms. The van der Waals surface area contributed by atoms with Crippen LogP contribution in [0.3, 0.4) is 0 Å². The molecule has 6 heteroatoms. The summed E-state index contributed by atoms with van der Waals surface area (Å²) in [6.45, 7) is 2.09. The molecule has 0 spiro atoms. The number of rotatable bonds is 3. The van der Waals surface area contributed by atoms with Gasteiger partial charge in [0, 0.05) is 19.2 Å². The Kier molecular flexibility index (Phi) is 3.20. The predicted molar refractivity (Wildman–Crippen MR) is 82.7 cm³/mol. The number of anilines is 1. The van der Waals surface area contributed by atoms with Crippen LogP contribution in [0.2, 0.25) is 0 Å². The van der Waals surface area contributed by atoms with E-state index in [9.17, 15) is 0 Å². The molecule has 1 fully saturated rings. The Morgan fingerprint density at radius 2 is 2.16 bits per heavy atom. The van der Waals surface area contributed by atoms with Gasteiger partial charge in [-0.1, -0.05) is 6.92 Å². The molecule has 0 radical (unpaired) electrons. The number of nitrogens with two attached hydrogens (primary N) is 1. The fourth-order valence-corrected chi connectivity index (χ4v) is 2.89. The van der Waals surface area contributed by atoms with Crippen LogP contribution < -0.4 is 5.73 Å². The van der Waals surface area contributed by atoms with Crippen molar-refractivity contribution in [1.82, 2.24) is 19.7 Å². The summed E-state index contributed by atoms with van der Waals surface area (Å²) in [5.41, 5.74) is 9.16. The molecular formula is C13H16IN5. The maximum Gasteiger partial charge on any atom is 0.165 e. The Balaban J connectivity index is 2.14. The molecule has 0 aromatic carbocycles. The molecule has 2 aromatic rings. The molecule has 100 valence electrons. The minimum Gasteiger partial charge on any atom is -0.383 e. The van der Waals surface area contributed by atoms with Crippen molar-refractivity contribution in [2.75, 3.05) is 5.73 Å². The highest BCUT2D eigenvalue weighted by Crippen LogP contribution is 2.42. The number of aryl methyl sites for hydroxylation is 2. The van der Waals surface area contributed by atoms with Crippen molar-refractivity contribution in [2.45, 2.75) is 32.1 Å².